The summed E-state index contributed by atoms with van der Waals surface area (Å²) in [5.74, 6) is -9.04. The zero-order chi connectivity index (χ0) is 15.1. The topological polar surface area (TPSA) is 106 Å². The molecule has 0 spiro atoms. The number of nitrogens with one attached hydrogen (secondary N) is 2. The first kappa shape index (κ1) is 16.8. The first-order valence-electron chi connectivity index (χ1n) is 5.49. The summed E-state index contributed by atoms with van der Waals surface area (Å²) in [5.41, 5.74) is 0. The third-order valence-corrected chi connectivity index (χ3v) is 2.15. The highest BCUT2D eigenvalue weighted by atomic mass is 19.3. The molecule has 0 aromatic heterocycles. The number of carbonyl (C=O) groups excluding carboxylic acids is 2. The van der Waals surface area contributed by atoms with Crippen LogP contribution in [-0.4, -0.2) is 30.8 Å². The molecular formula is C11H14F2N4O2. The van der Waals surface area contributed by atoms with Crippen molar-refractivity contribution in [3.63, 3.8) is 0 Å². The molecule has 0 unspecified atom stereocenters. The lowest BCUT2D eigenvalue weighted by molar-refractivity contribution is -0.159. The van der Waals surface area contributed by atoms with Gasteiger partial charge in [0.25, 0.3) is 0 Å². The van der Waals surface area contributed by atoms with Crippen LogP contribution in [0.15, 0.2) is 0 Å². The van der Waals surface area contributed by atoms with Crippen molar-refractivity contribution in [3.05, 3.63) is 0 Å². The Labute approximate surface area is 109 Å². The lowest BCUT2D eigenvalue weighted by Crippen LogP contribution is -2.52. The van der Waals surface area contributed by atoms with E-state index in [9.17, 15) is 18.4 Å². The van der Waals surface area contributed by atoms with Crippen LogP contribution in [0.4, 0.5) is 8.78 Å². The van der Waals surface area contributed by atoms with Gasteiger partial charge in [-0.3, -0.25) is 9.59 Å². The van der Waals surface area contributed by atoms with Crippen molar-refractivity contribution in [2.45, 2.75) is 19.8 Å². The van der Waals surface area contributed by atoms with E-state index < -0.39 is 29.6 Å². The van der Waals surface area contributed by atoms with Crippen molar-refractivity contribution in [1.82, 2.24) is 10.6 Å². The van der Waals surface area contributed by atoms with Crippen LogP contribution in [0, 0.1) is 34.5 Å². The molecule has 0 aromatic rings. The molecule has 0 fully saturated rings. The van der Waals surface area contributed by atoms with Crippen molar-refractivity contribution < 1.29 is 18.4 Å². The molecule has 0 aliphatic carbocycles. The van der Waals surface area contributed by atoms with Gasteiger partial charge in [0.05, 0.1) is 24.0 Å². The van der Waals surface area contributed by atoms with Gasteiger partial charge < -0.3 is 10.6 Å². The molecule has 2 atom stereocenters. The van der Waals surface area contributed by atoms with Crippen molar-refractivity contribution in [2.24, 2.45) is 11.8 Å². The summed E-state index contributed by atoms with van der Waals surface area (Å²) in [6.07, 6.45) is 0. The number of rotatable bonds is 6. The van der Waals surface area contributed by atoms with Crippen LogP contribution in [0.2, 0.25) is 0 Å². The Hall–Kier alpha value is -2.22. The zero-order valence-electron chi connectivity index (χ0n) is 10.5. The highest BCUT2D eigenvalue weighted by Crippen LogP contribution is 2.14. The third-order valence-electron chi connectivity index (χ3n) is 2.15. The van der Waals surface area contributed by atoms with Gasteiger partial charge in [-0.2, -0.15) is 19.3 Å². The maximum absolute atomic E-state index is 13.3. The van der Waals surface area contributed by atoms with Crippen LogP contribution >= 0.6 is 0 Å². The van der Waals surface area contributed by atoms with Crippen molar-refractivity contribution in [1.29, 1.82) is 10.5 Å². The minimum absolute atomic E-state index is 0.271. The molecule has 0 aliphatic heterocycles. The van der Waals surface area contributed by atoms with E-state index in [0.717, 1.165) is 0 Å². The Kier molecular flexibility index (Phi) is 6.42. The minimum Gasteiger partial charge on any atom is -0.349 e. The summed E-state index contributed by atoms with van der Waals surface area (Å²) in [6, 6.07) is 3.50. The van der Waals surface area contributed by atoms with E-state index in [0.29, 0.717) is 0 Å². The summed E-state index contributed by atoms with van der Waals surface area (Å²) in [6.45, 7) is 2.33. The van der Waals surface area contributed by atoms with Gasteiger partial charge in [0.15, 0.2) is 0 Å². The van der Waals surface area contributed by atoms with Crippen LogP contribution in [0.25, 0.3) is 0 Å². The van der Waals surface area contributed by atoms with E-state index in [2.05, 4.69) is 0 Å². The number of hydrogen-bond donors (Lipinski definition) is 2. The van der Waals surface area contributed by atoms with Gasteiger partial charge in [0.1, 0.15) is 0 Å². The molecule has 0 rings (SSSR count). The predicted molar refractivity (Wildman–Crippen MR) is 60.5 cm³/mol. The van der Waals surface area contributed by atoms with Crippen molar-refractivity contribution in [2.75, 3.05) is 13.1 Å². The average molecular weight is 272 g/mol. The monoisotopic (exact) mass is 272 g/mol. The fourth-order valence-corrected chi connectivity index (χ4v) is 0.908. The molecule has 0 bridgehead atoms. The number of carbonyl (C=O) groups is 2. The number of nitrogens with zero attached hydrogens (tertiary/aromatic N) is 2. The molecule has 0 saturated heterocycles. The summed E-state index contributed by atoms with van der Waals surface area (Å²) < 4.78 is 26.7. The van der Waals surface area contributed by atoms with E-state index in [1.807, 2.05) is 10.6 Å². The maximum atomic E-state index is 13.3. The van der Waals surface area contributed by atoms with Gasteiger partial charge in [0, 0.05) is 13.1 Å². The Balaban J connectivity index is 4.43. The first-order chi connectivity index (χ1) is 8.75. The second-order valence-corrected chi connectivity index (χ2v) is 4.05. The maximum Gasteiger partial charge on any atom is 0.400 e. The normalized spacial score (nSPS) is 13.6. The van der Waals surface area contributed by atoms with Gasteiger partial charge in [-0.25, -0.2) is 0 Å². The molecule has 0 aliphatic rings. The Morgan fingerprint density at radius 1 is 1.05 bits per heavy atom. The smallest absolute Gasteiger partial charge is 0.349 e. The predicted octanol–water partition coefficient (Wildman–Crippen LogP) is 0.173. The standard InChI is InChI=1S/C11H14F2N4O2/c1-7(3-14)5-16-9(18)11(12,13)10(19)17-6-8(2)4-15/h7-8H,5-6H2,1-2H3,(H,16,18)(H,17,19)/t7-,8-/m1/s1. The molecule has 104 valence electrons. The Morgan fingerprint density at radius 2 is 1.37 bits per heavy atom. The van der Waals surface area contributed by atoms with E-state index >= 15 is 0 Å². The Morgan fingerprint density at radius 3 is 1.63 bits per heavy atom. The molecule has 0 saturated carbocycles. The molecule has 6 nitrogen and oxygen atoms in total. The molecule has 8 heteroatoms. The molecule has 0 aromatic carbocycles. The quantitative estimate of drug-likeness (QED) is 0.672. The highest BCUT2D eigenvalue weighted by Gasteiger charge is 2.47. The van der Waals surface area contributed by atoms with Crippen LogP contribution in [0.5, 0.6) is 0 Å². The SMILES string of the molecule is C[C@H](C#N)CNC(=O)C(F)(F)C(=O)NC[C@H](C)C#N. The van der Waals surface area contributed by atoms with Gasteiger partial charge >= 0.3 is 17.7 Å². The van der Waals surface area contributed by atoms with Gasteiger partial charge in [-0.1, -0.05) is 0 Å². The van der Waals surface area contributed by atoms with Crippen LogP contribution < -0.4 is 10.6 Å². The van der Waals surface area contributed by atoms with E-state index in [4.69, 9.17) is 10.5 Å². The molecule has 0 heterocycles. The number of alkyl halides is 2. The van der Waals surface area contributed by atoms with Crippen molar-refractivity contribution in [3.8, 4) is 12.1 Å². The highest BCUT2D eigenvalue weighted by molar-refractivity contribution is 6.06. The molecule has 19 heavy (non-hydrogen) atoms. The van der Waals surface area contributed by atoms with Crippen LogP contribution in [-0.2, 0) is 9.59 Å². The molecule has 0 radical (unpaired) electrons. The zero-order valence-corrected chi connectivity index (χ0v) is 10.5. The van der Waals surface area contributed by atoms with Gasteiger partial charge in [-0.05, 0) is 13.8 Å². The lowest BCUT2D eigenvalue weighted by Gasteiger charge is -2.16. The van der Waals surface area contributed by atoms with Gasteiger partial charge in [-0.15, -0.1) is 0 Å². The molecular weight excluding hydrogens is 258 g/mol. The number of nitriles is 2. The first-order valence-corrected chi connectivity index (χ1v) is 5.49. The molecule has 2 amide bonds. The number of hydrogen-bond acceptors (Lipinski definition) is 4. The number of amides is 2. The lowest BCUT2D eigenvalue weighted by atomic mass is 10.2. The minimum atomic E-state index is -4.23. The summed E-state index contributed by atoms with van der Waals surface area (Å²) in [4.78, 5) is 22.3. The van der Waals surface area contributed by atoms with E-state index in [1.165, 1.54) is 13.8 Å². The fraction of sp³-hybridized carbons (Fsp3) is 0.636. The van der Waals surface area contributed by atoms with Crippen LogP contribution in [0.3, 0.4) is 0 Å². The second-order valence-electron chi connectivity index (χ2n) is 4.05. The summed E-state index contributed by atoms with van der Waals surface area (Å²) in [5, 5.41) is 20.5. The number of halogens is 2. The third kappa shape index (κ3) is 5.30. The van der Waals surface area contributed by atoms with E-state index in [1.54, 1.807) is 12.1 Å². The van der Waals surface area contributed by atoms with E-state index in [-0.39, 0.29) is 13.1 Å². The fourth-order valence-electron chi connectivity index (χ4n) is 0.908. The second kappa shape index (κ2) is 7.27. The van der Waals surface area contributed by atoms with Crippen molar-refractivity contribution >= 4 is 11.8 Å². The average Bonchev–Trinajstić information content (AvgIpc) is 2.40. The molecule has 2 N–H and O–H groups in total. The van der Waals surface area contributed by atoms with Crippen LogP contribution in [0.1, 0.15) is 13.8 Å². The summed E-state index contributed by atoms with van der Waals surface area (Å²) >= 11 is 0. The summed E-state index contributed by atoms with van der Waals surface area (Å²) in [7, 11) is 0. The largest absolute Gasteiger partial charge is 0.400 e. The van der Waals surface area contributed by atoms with Gasteiger partial charge in [0.2, 0.25) is 0 Å². The Bertz CT molecular complexity index is 387.